The normalized spacial score (nSPS) is 10.8. The molecule has 0 bridgehead atoms. The Morgan fingerprint density at radius 2 is 1.77 bits per heavy atom. The summed E-state index contributed by atoms with van der Waals surface area (Å²) in [5.41, 5.74) is 3.86. The van der Waals surface area contributed by atoms with Gasteiger partial charge in [-0.05, 0) is 81.1 Å². The van der Waals surface area contributed by atoms with E-state index in [0.717, 1.165) is 34.5 Å². The summed E-state index contributed by atoms with van der Waals surface area (Å²) < 4.78 is 17.0. The number of ether oxygens (including phenoxy) is 2. The van der Waals surface area contributed by atoms with Crippen molar-refractivity contribution in [1.29, 1.82) is 0 Å². The molecule has 0 spiro atoms. The molecule has 0 radical (unpaired) electrons. The summed E-state index contributed by atoms with van der Waals surface area (Å²) in [4.78, 5) is 39.4. The number of nitrogens with zero attached hydrogens (tertiary/aromatic N) is 1. The van der Waals surface area contributed by atoms with E-state index in [1.807, 2.05) is 44.2 Å². The van der Waals surface area contributed by atoms with E-state index in [9.17, 15) is 14.4 Å². The van der Waals surface area contributed by atoms with Crippen LogP contribution in [0, 0.1) is 6.92 Å². The first-order chi connectivity index (χ1) is 19.1. The SMILES string of the molecule is CCCC(=O)Nc1ccc(-c2nc(CCOc3ccc(CCC(=O)O)c(CNC(=O)OC(C)C)c3)c(C)o2)cc1. The van der Waals surface area contributed by atoms with Crippen molar-refractivity contribution in [2.45, 2.75) is 72.4 Å². The first-order valence-corrected chi connectivity index (χ1v) is 13.4. The molecule has 3 N–H and O–H groups in total. The highest BCUT2D eigenvalue weighted by molar-refractivity contribution is 5.90. The van der Waals surface area contributed by atoms with E-state index in [1.54, 1.807) is 26.0 Å². The number of carbonyl (C=O) groups excluding carboxylic acids is 2. The van der Waals surface area contributed by atoms with E-state index >= 15 is 0 Å². The van der Waals surface area contributed by atoms with Gasteiger partial charge in [0.2, 0.25) is 11.8 Å². The molecule has 10 nitrogen and oxygen atoms in total. The fraction of sp³-hybridized carbons (Fsp3) is 0.400. The molecule has 214 valence electrons. The molecule has 40 heavy (non-hydrogen) atoms. The highest BCUT2D eigenvalue weighted by Crippen LogP contribution is 2.25. The van der Waals surface area contributed by atoms with Crippen molar-refractivity contribution in [3.8, 4) is 17.2 Å². The molecule has 3 rings (SSSR count). The van der Waals surface area contributed by atoms with E-state index in [-0.39, 0.29) is 25.0 Å². The lowest BCUT2D eigenvalue weighted by atomic mass is 10.0. The summed E-state index contributed by atoms with van der Waals surface area (Å²) in [6.07, 6.45) is 1.30. The summed E-state index contributed by atoms with van der Waals surface area (Å²) in [5.74, 6) is 0.863. The number of aromatic nitrogens is 1. The number of rotatable bonds is 14. The van der Waals surface area contributed by atoms with Gasteiger partial charge in [-0.1, -0.05) is 13.0 Å². The van der Waals surface area contributed by atoms with Crippen LogP contribution in [-0.4, -0.2) is 40.8 Å². The number of carboxylic acid groups (broad SMARTS) is 1. The lowest BCUT2D eigenvalue weighted by molar-refractivity contribution is -0.137. The van der Waals surface area contributed by atoms with Gasteiger partial charge in [0, 0.05) is 37.1 Å². The molecule has 0 aliphatic rings. The number of aryl methyl sites for hydroxylation is 2. The van der Waals surface area contributed by atoms with E-state index in [2.05, 4.69) is 15.6 Å². The van der Waals surface area contributed by atoms with Gasteiger partial charge >= 0.3 is 12.1 Å². The van der Waals surface area contributed by atoms with Gasteiger partial charge in [-0.25, -0.2) is 9.78 Å². The summed E-state index contributed by atoms with van der Waals surface area (Å²) in [5, 5.41) is 14.6. The van der Waals surface area contributed by atoms with Crippen LogP contribution in [-0.2, 0) is 33.7 Å². The number of hydrogen-bond donors (Lipinski definition) is 3. The second kappa shape index (κ2) is 14.7. The summed E-state index contributed by atoms with van der Waals surface area (Å²) in [6.45, 7) is 7.86. The molecule has 1 aromatic heterocycles. The fourth-order valence-corrected chi connectivity index (χ4v) is 3.96. The Morgan fingerprint density at radius 3 is 2.45 bits per heavy atom. The zero-order chi connectivity index (χ0) is 29.1. The average molecular weight is 552 g/mol. The van der Waals surface area contributed by atoms with E-state index in [0.29, 0.717) is 43.3 Å². The van der Waals surface area contributed by atoms with Crippen LogP contribution >= 0.6 is 0 Å². The van der Waals surface area contributed by atoms with Crippen LogP contribution in [0.3, 0.4) is 0 Å². The van der Waals surface area contributed by atoms with E-state index in [4.69, 9.17) is 19.0 Å². The van der Waals surface area contributed by atoms with Crippen LogP contribution in [0.4, 0.5) is 10.5 Å². The van der Waals surface area contributed by atoms with Crippen molar-refractivity contribution >= 4 is 23.7 Å². The van der Waals surface area contributed by atoms with Crippen LogP contribution in [0.25, 0.3) is 11.5 Å². The quantitative estimate of drug-likeness (QED) is 0.233. The molecule has 0 saturated carbocycles. The molecular formula is C30H37N3O7. The smallest absolute Gasteiger partial charge is 0.407 e. The molecule has 0 aliphatic heterocycles. The topological polar surface area (TPSA) is 140 Å². The van der Waals surface area contributed by atoms with E-state index < -0.39 is 12.1 Å². The largest absolute Gasteiger partial charge is 0.493 e. The van der Waals surface area contributed by atoms with Gasteiger partial charge in [0.25, 0.3) is 0 Å². The lowest BCUT2D eigenvalue weighted by Gasteiger charge is -2.14. The highest BCUT2D eigenvalue weighted by atomic mass is 16.6. The second-order valence-corrected chi connectivity index (χ2v) is 9.63. The molecule has 1 heterocycles. The lowest BCUT2D eigenvalue weighted by Crippen LogP contribution is -2.26. The van der Waals surface area contributed by atoms with Crippen LogP contribution in [0.2, 0.25) is 0 Å². The van der Waals surface area contributed by atoms with Crippen molar-refractivity contribution in [3.63, 3.8) is 0 Å². The number of alkyl carbamates (subject to hydrolysis) is 1. The molecule has 10 heteroatoms. The summed E-state index contributed by atoms with van der Waals surface area (Å²) >= 11 is 0. The monoisotopic (exact) mass is 551 g/mol. The van der Waals surface area contributed by atoms with Crippen molar-refractivity contribution in [1.82, 2.24) is 10.3 Å². The Labute approximate surface area is 234 Å². The number of carboxylic acids is 1. The number of aliphatic carboxylic acids is 1. The minimum Gasteiger partial charge on any atom is -0.493 e. The molecule has 3 aromatic rings. The van der Waals surface area contributed by atoms with Gasteiger partial charge in [-0.3, -0.25) is 9.59 Å². The number of nitrogens with one attached hydrogen (secondary N) is 2. The molecule has 2 aromatic carbocycles. The van der Waals surface area contributed by atoms with Crippen LogP contribution in [0.15, 0.2) is 46.9 Å². The van der Waals surface area contributed by atoms with Gasteiger partial charge in [0.05, 0.1) is 18.4 Å². The predicted octanol–water partition coefficient (Wildman–Crippen LogP) is 5.66. The summed E-state index contributed by atoms with van der Waals surface area (Å²) in [6, 6.07) is 12.7. The third-order valence-electron chi connectivity index (χ3n) is 5.94. The Morgan fingerprint density at radius 1 is 1.02 bits per heavy atom. The van der Waals surface area contributed by atoms with Crippen LogP contribution in [0.1, 0.15) is 62.6 Å². The average Bonchev–Trinajstić information content (AvgIpc) is 3.27. The summed E-state index contributed by atoms with van der Waals surface area (Å²) in [7, 11) is 0. The minimum atomic E-state index is -0.893. The number of carbonyl (C=O) groups is 3. The van der Waals surface area contributed by atoms with Gasteiger partial charge in [0.15, 0.2) is 0 Å². The maximum Gasteiger partial charge on any atom is 0.407 e. The standard InChI is InChI=1S/C30H37N3O7/c1-5-6-27(34)32-24-11-7-22(8-12-24)29-33-26(20(4)40-29)15-16-38-25-13-9-21(10-14-28(35)36)23(17-25)18-31-30(37)39-19(2)3/h7-9,11-13,17,19H,5-6,10,14-16,18H2,1-4H3,(H,31,37)(H,32,34)(H,35,36). The van der Waals surface area contributed by atoms with Gasteiger partial charge in [0.1, 0.15) is 11.5 Å². The third kappa shape index (κ3) is 9.44. The Hall–Kier alpha value is -4.34. The molecule has 0 atom stereocenters. The molecule has 0 unspecified atom stereocenters. The molecular weight excluding hydrogens is 514 g/mol. The number of amides is 2. The first-order valence-electron chi connectivity index (χ1n) is 13.4. The molecule has 0 saturated heterocycles. The van der Waals surface area contributed by atoms with Crippen molar-refractivity contribution in [3.05, 3.63) is 65.0 Å². The Balaban J connectivity index is 1.62. The van der Waals surface area contributed by atoms with Crippen molar-refractivity contribution in [2.24, 2.45) is 0 Å². The third-order valence-corrected chi connectivity index (χ3v) is 5.94. The maximum atomic E-state index is 11.9. The minimum absolute atomic E-state index is 0.0172. The molecule has 2 amide bonds. The second-order valence-electron chi connectivity index (χ2n) is 9.63. The van der Waals surface area contributed by atoms with E-state index in [1.165, 1.54) is 0 Å². The Kier molecular flexibility index (Phi) is 11.1. The number of oxazole rings is 1. The van der Waals surface area contributed by atoms with Gasteiger partial charge in [-0.15, -0.1) is 0 Å². The van der Waals surface area contributed by atoms with Crippen LogP contribution in [0.5, 0.6) is 5.75 Å². The Bertz CT molecular complexity index is 1300. The van der Waals surface area contributed by atoms with Crippen molar-refractivity contribution in [2.75, 3.05) is 11.9 Å². The fourth-order valence-electron chi connectivity index (χ4n) is 3.96. The number of benzene rings is 2. The van der Waals surface area contributed by atoms with Crippen molar-refractivity contribution < 1.29 is 33.4 Å². The van der Waals surface area contributed by atoms with Gasteiger partial charge in [-0.2, -0.15) is 0 Å². The van der Waals surface area contributed by atoms with Gasteiger partial charge < -0.3 is 29.6 Å². The molecule has 0 aliphatic carbocycles. The zero-order valence-corrected chi connectivity index (χ0v) is 23.4. The molecule has 0 fully saturated rings. The maximum absolute atomic E-state index is 11.9. The first kappa shape index (κ1) is 30.2. The number of anilines is 1. The highest BCUT2D eigenvalue weighted by Gasteiger charge is 2.14. The predicted molar refractivity (Wildman–Crippen MR) is 150 cm³/mol. The zero-order valence-electron chi connectivity index (χ0n) is 23.4. The number of hydrogen-bond acceptors (Lipinski definition) is 7. The van der Waals surface area contributed by atoms with Crippen LogP contribution < -0.4 is 15.4 Å².